The third-order valence-corrected chi connectivity index (χ3v) is 3.14. The number of anilines is 1. The van der Waals surface area contributed by atoms with E-state index in [4.69, 9.17) is 9.52 Å². The van der Waals surface area contributed by atoms with Crippen molar-refractivity contribution in [2.24, 2.45) is 5.92 Å². The van der Waals surface area contributed by atoms with Crippen molar-refractivity contribution < 1.29 is 14.3 Å². The minimum absolute atomic E-state index is 0.0108. The molecule has 4 heteroatoms. The Bertz CT molecular complexity index is 353. The summed E-state index contributed by atoms with van der Waals surface area (Å²) in [7, 11) is 0. The fourth-order valence-corrected chi connectivity index (χ4v) is 2.25. The number of carboxylic acid groups (broad SMARTS) is 1. The zero-order valence-corrected chi connectivity index (χ0v) is 9.24. The number of hydrogen-bond donors (Lipinski definition) is 2. The Morgan fingerprint density at radius 1 is 1.44 bits per heavy atom. The van der Waals surface area contributed by atoms with Crippen LogP contribution in [0, 0.1) is 5.92 Å². The average Bonchev–Trinajstić information content (AvgIpc) is 2.87. The van der Waals surface area contributed by atoms with Gasteiger partial charge in [-0.1, -0.05) is 25.7 Å². The molecule has 0 radical (unpaired) electrons. The van der Waals surface area contributed by atoms with Crippen molar-refractivity contribution in [3.05, 3.63) is 17.9 Å². The van der Waals surface area contributed by atoms with Gasteiger partial charge in [-0.2, -0.15) is 0 Å². The lowest BCUT2D eigenvalue weighted by atomic mass is 10.0. The summed E-state index contributed by atoms with van der Waals surface area (Å²) in [5.41, 5.74) is 0. The molecule has 0 atom stereocenters. The van der Waals surface area contributed by atoms with Gasteiger partial charge in [0.1, 0.15) is 0 Å². The van der Waals surface area contributed by atoms with Gasteiger partial charge in [-0.15, -0.1) is 0 Å². The lowest BCUT2D eigenvalue weighted by Crippen LogP contribution is -2.05. The molecule has 1 aromatic heterocycles. The molecule has 0 spiro atoms. The molecular formula is C12H17NO3. The van der Waals surface area contributed by atoms with E-state index in [2.05, 4.69) is 5.32 Å². The quantitative estimate of drug-likeness (QED) is 0.805. The smallest absolute Gasteiger partial charge is 0.371 e. The van der Waals surface area contributed by atoms with Gasteiger partial charge < -0.3 is 14.8 Å². The summed E-state index contributed by atoms with van der Waals surface area (Å²) in [5, 5.41) is 11.8. The Morgan fingerprint density at radius 2 is 2.19 bits per heavy atom. The summed E-state index contributed by atoms with van der Waals surface area (Å²) in [6, 6.07) is 3.14. The van der Waals surface area contributed by atoms with Crippen molar-refractivity contribution in [1.29, 1.82) is 0 Å². The van der Waals surface area contributed by atoms with Crippen LogP contribution in [0.2, 0.25) is 0 Å². The first kappa shape index (κ1) is 11.0. The lowest BCUT2D eigenvalue weighted by molar-refractivity contribution is 0.0663. The zero-order valence-electron chi connectivity index (χ0n) is 9.24. The van der Waals surface area contributed by atoms with Gasteiger partial charge in [0.15, 0.2) is 5.88 Å². The van der Waals surface area contributed by atoms with Gasteiger partial charge in [-0.05, 0) is 18.4 Å². The lowest BCUT2D eigenvalue weighted by Gasteiger charge is -2.08. The molecule has 1 fully saturated rings. The van der Waals surface area contributed by atoms with E-state index in [1.807, 2.05) is 0 Å². The number of nitrogens with one attached hydrogen (secondary N) is 1. The Balaban J connectivity index is 1.74. The molecule has 1 aliphatic carbocycles. The number of carbonyl (C=O) groups is 1. The van der Waals surface area contributed by atoms with Gasteiger partial charge >= 0.3 is 5.97 Å². The second-order valence-corrected chi connectivity index (χ2v) is 4.33. The molecule has 2 rings (SSSR count). The maximum atomic E-state index is 10.6. The Hall–Kier alpha value is -1.45. The molecule has 0 aromatic carbocycles. The molecule has 0 saturated heterocycles. The highest BCUT2D eigenvalue weighted by Gasteiger charge is 2.14. The molecule has 2 N–H and O–H groups in total. The molecule has 88 valence electrons. The standard InChI is InChI=1S/C12H17NO3/c14-12(15)10-5-6-11(16-10)13-8-7-9-3-1-2-4-9/h5-6,9,13H,1-4,7-8H2,(H,14,15). The van der Waals surface area contributed by atoms with Crippen LogP contribution in [0.5, 0.6) is 0 Å². The van der Waals surface area contributed by atoms with E-state index < -0.39 is 5.97 Å². The van der Waals surface area contributed by atoms with Crippen molar-refractivity contribution in [2.45, 2.75) is 32.1 Å². The maximum absolute atomic E-state index is 10.6. The largest absolute Gasteiger partial charge is 0.475 e. The van der Waals surface area contributed by atoms with E-state index in [0.29, 0.717) is 5.88 Å². The van der Waals surface area contributed by atoms with Crippen molar-refractivity contribution in [3.63, 3.8) is 0 Å². The predicted octanol–water partition coefficient (Wildman–Crippen LogP) is 2.97. The Morgan fingerprint density at radius 3 is 2.81 bits per heavy atom. The van der Waals surface area contributed by atoms with Gasteiger partial charge in [0.25, 0.3) is 0 Å². The first-order valence-electron chi connectivity index (χ1n) is 5.82. The van der Waals surface area contributed by atoms with Crippen LogP contribution in [-0.4, -0.2) is 17.6 Å². The monoisotopic (exact) mass is 223 g/mol. The van der Waals surface area contributed by atoms with E-state index in [-0.39, 0.29) is 5.76 Å². The van der Waals surface area contributed by atoms with Crippen LogP contribution < -0.4 is 5.32 Å². The van der Waals surface area contributed by atoms with Crippen LogP contribution in [0.4, 0.5) is 5.88 Å². The molecule has 0 aliphatic heterocycles. The molecule has 1 saturated carbocycles. The van der Waals surface area contributed by atoms with Crippen LogP contribution >= 0.6 is 0 Å². The number of aromatic carboxylic acids is 1. The summed E-state index contributed by atoms with van der Waals surface area (Å²) in [6.45, 7) is 0.858. The molecule has 1 aliphatic rings. The van der Waals surface area contributed by atoms with E-state index >= 15 is 0 Å². The molecule has 0 unspecified atom stereocenters. The number of carboxylic acids is 1. The second kappa shape index (κ2) is 5.05. The summed E-state index contributed by atoms with van der Waals surface area (Å²) in [4.78, 5) is 10.6. The molecule has 0 bridgehead atoms. The highest BCUT2D eigenvalue weighted by Crippen LogP contribution is 2.27. The Labute approximate surface area is 94.6 Å². The van der Waals surface area contributed by atoms with Gasteiger partial charge in [-0.3, -0.25) is 0 Å². The highest BCUT2D eigenvalue weighted by atomic mass is 16.4. The normalized spacial score (nSPS) is 16.5. The SMILES string of the molecule is O=C(O)c1ccc(NCCC2CCCC2)o1. The maximum Gasteiger partial charge on any atom is 0.371 e. The van der Waals surface area contributed by atoms with Crippen LogP contribution in [0.15, 0.2) is 16.5 Å². The molecule has 1 heterocycles. The fourth-order valence-electron chi connectivity index (χ4n) is 2.25. The van der Waals surface area contributed by atoms with E-state index in [0.717, 1.165) is 18.9 Å². The summed E-state index contributed by atoms with van der Waals surface area (Å²) in [6.07, 6.45) is 6.52. The topological polar surface area (TPSA) is 62.5 Å². The molecule has 4 nitrogen and oxygen atoms in total. The first-order chi connectivity index (χ1) is 7.75. The summed E-state index contributed by atoms with van der Waals surface area (Å²) < 4.78 is 5.10. The van der Waals surface area contributed by atoms with E-state index in [1.165, 1.54) is 31.7 Å². The number of hydrogen-bond acceptors (Lipinski definition) is 3. The molecule has 16 heavy (non-hydrogen) atoms. The number of furan rings is 1. The van der Waals surface area contributed by atoms with Crippen molar-refractivity contribution in [3.8, 4) is 0 Å². The second-order valence-electron chi connectivity index (χ2n) is 4.33. The van der Waals surface area contributed by atoms with Gasteiger partial charge in [0.2, 0.25) is 5.76 Å². The summed E-state index contributed by atoms with van der Waals surface area (Å²) >= 11 is 0. The van der Waals surface area contributed by atoms with Crippen LogP contribution in [0.25, 0.3) is 0 Å². The highest BCUT2D eigenvalue weighted by molar-refractivity contribution is 5.84. The first-order valence-corrected chi connectivity index (χ1v) is 5.82. The summed E-state index contributed by atoms with van der Waals surface area (Å²) in [5.74, 6) is 0.351. The minimum atomic E-state index is -1.02. The Kier molecular flexibility index (Phi) is 3.49. The predicted molar refractivity (Wildman–Crippen MR) is 60.7 cm³/mol. The van der Waals surface area contributed by atoms with Crippen LogP contribution in [0.1, 0.15) is 42.7 Å². The molecular weight excluding hydrogens is 206 g/mol. The van der Waals surface area contributed by atoms with Gasteiger partial charge in [0, 0.05) is 12.6 Å². The third-order valence-electron chi connectivity index (χ3n) is 3.14. The van der Waals surface area contributed by atoms with Crippen molar-refractivity contribution in [2.75, 3.05) is 11.9 Å². The third kappa shape index (κ3) is 2.78. The van der Waals surface area contributed by atoms with E-state index in [9.17, 15) is 4.79 Å². The van der Waals surface area contributed by atoms with Crippen molar-refractivity contribution in [1.82, 2.24) is 0 Å². The fraction of sp³-hybridized carbons (Fsp3) is 0.583. The van der Waals surface area contributed by atoms with Gasteiger partial charge in [0.05, 0.1) is 0 Å². The van der Waals surface area contributed by atoms with Crippen molar-refractivity contribution >= 4 is 11.9 Å². The molecule has 1 aromatic rings. The van der Waals surface area contributed by atoms with Crippen LogP contribution in [-0.2, 0) is 0 Å². The van der Waals surface area contributed by atoms with Gasteiger partial charge in [-0.25, -0.2) is 4.79 Å². The zero-order chi connectivity index (χ0) is 11.4. The average molecular weight is 223 g/mol. The minimum Gasteiger partial charge on any atom is -0.475 e. The number of rotatable bonds is 5. The molecule has 0 amide bonds. The van der Waals surface area contributed by atoms with Crippen LogP contribution in [0.3, 0.4) is 0 Å². The van der Waals surface area contributed by atoms with E-state index in [1.54, 1.807) is 6.07 Å².